The van der Waals surface area contributed by atoms with E-state index in [1.54, 1.807) is 23.3 Å². The standard InChI is InChI=1S/C17H19N9O/c1-12-2-5-19-17(23-12)24-16(27)13-3-6-25(7-4-13)14-8-15(21-10-20-14)26-11-18-9-22-26/h2,5,8-11,13H,3-4,6-7H2,1H3,(H,19,23,24,27). The number of rotatable bonds is 4. The molecule has 0 bridgehead atoms. The van der Waals surface area contributed by atoms with Crippen LogP contribution in [0, 0.1) is 12.8 Å². The highest BCUT2D eigenvalue weighted by Gasteiger charge is 2.26. The lowest BCUT2D eigenvalue weighted by Crippen LogP contribution is -2.38. The van der Waals surface area contributed by atoms with Crippen molar-refractivity contribution in [2.24, 2.45) is 5.92 Å². The number of carbonyl (C=O) groups excluding carboxylic acids is 1. The molecule has 0 atom stereocenters. The Morgan fingerprint density at radius 3 is 2.70 bits per heavy atom. The van der Waals surface area contributed by atoms with E-state index >= 15 is 0 Å². The summed E-state index contributed by atoms with van der Waals surface area (Å²) in [5.74, 6) is 1.73. The molecule has 4 rings (SSSR count). The van der Waals surface area contributed by atoms with Crippen molar-refractivity contribution in [1.82, 2.24) is 34.7 Å². The maximum absolute atomic E-state index is 12.5. The number of aromatic nitrogens is 7. The van der Waals surface area contributed by atoms with E-state index in [2.05, 4.69) is 40.2 Å². The number of amides is 1. The minimum Gasteiger partial charge on any atom is -0.356 e. The van der Waals surface area contributed by atoms with Crippen LogP contribution in [-0.4, -0.2) is 53.7 Å². The van der Waals surface area contributed by atoms with Crippen LogP contribution in [0.5, 0.6) is 0 Å². The van der Waals surface area contributed by atoms with Gasteiger partial charge in [0.05, 0.1) is 0 Å². The number of piperidine rings is 1. The molecule has 1 aliphatic heterocycles. The third-order valence-electron chi connectivity index (χ3n) is 4.51. The monoisotopic (exact) mass is 365 g/mol. The van der Waals surface area contributed by atoms with Gasteiger partial charge in [-0.25, -0.2) is 29.6 Å². The third kappa shape index (κ3) is 3.89. The number of nitrogens with one attached hydrogen (secondary N) is 1. The van der Waals surface area contributed by atoms with Crippen molar-refractivity contribution in [2.75, 3.05) is 23.3 Å². The summed E-state index contributed by atoms with van der Waals surface area (Å²) in [5, 5.41) is 6.90. The topological polar surface area (TPSA) is 115 Å². The van der Waals surface area contributed by atoms with E-state index in [0.29, 0.717) is 11.8 Å². The highest BCUT2D eigenvalue weighted by Crippen LogP contribution is 2.23. The first kappa shape index (κ1) is 17.0. The fourth-order valence-corrected chi connectivity index (χ4v) is 3.05. The normalized spacial score (nSPS) is 14.9. The molecule has 10 nitrogen and oxygen atoms in total. The molecular formula is C17H19N9O. The van der Waals surface area contributed by atoms with Gasteiger partial charge in [-0.2, -0.15) is 5.10 Å². The molecule has 3 aromatic heterocycles. The van der Waals surface area contributed by atoms with Gasteiger partial charge in [-0.05, 0) is 25.8 Å². The van der Waals surface area contributed by atoms with Crippen LogP contribution in [0.4, 0.5) is 11.8 Å². The van der Waals surface area contributed by atoms with Crippen molar-refractivity contribution in [3.63, 3.8) is 0 Å². The second-order valence-corrected chi connectivity index (χ2v) is 6.35. The lowest BCUT2D eigenvalue weighted by molar-refractivity contribution is -0.120. The Morgan fingerprint density at radius 2 is 1.96 bits per heavy atom. The van der Waals surface area contributed by atoms with Crippen molar-refractivity contribution in [3.8, 4) is 5.82 Å². The van der Waals surface area contributed by atoms with E-state index in [9.17, 15) is 4.79 Å². The first-order chi connectivity index (χ1) is 13.2. The highest BCUT2D eigenvalue weighted by molar-refractivity contribution is 5.91. The molecule has 4 heterocycles. The van der Waals surface area contributed by atoms with E-state index in [1.807, 2.05) is 13.0 Å². The molecule has 10 heteroatoms. The van der Waals surface area contributed by atoms with Gasteiger partial charge in [-0.15, -0.1) is 0 Å². The average Bonchev–Trinajstić information content (AvgIpc) is 3.23. The molecule has 0 radical (unpaired) electrons. The third-order valence-corrected chi connectivity index (χ3v) is 4.51. The molecule has 3 aromatic rings. The minimum atomic E-state index is -0.0676. The van der Waals surface area contributed by atoms with Gasteiger partial charge in [0.1, 0.15) is 24.8 Å². The molecule has 1 saturated heterocycles. The van der Waals surface area contributed by atoms with Gasteiger partial charge in [0.15, 0.2) is 5.82 Å². The molecule has 0 spiro atoms. The lowest BCUT2D eigenvalue weighted by Gasteiger charge is -2.32. The van der Waals surface area contributed by atoms with Crippen molar-refractivity contribution in [1.29, 1.82) is 0 Å². The van der Waals surface area contributed by atoms with Gasteiger partial charge >= 0.3 is 0 Å². The Kier molecular flexibility index (Phi) is 4.69. The smallest absolute Gasteiger partial charge is 0.229 e. The summed E-state index contributed by atoms with van der Waals surface area (Å²) >= 11 is 0. The fraction of sp³-hybridized carbons (Fsp3) is 0.353. The average molecular weight is 365 g/mol. The minimum absolute atomic E-state index is 0.0359. The van der Waals surface area contributed by atoms with Gasteiger partial charge in [-0.1, -0.05) is 0 Å². The van der Waals surface area contributed by atoms with Crippen LogP contribution in [0.15, 0.2) is 37.3 Å². The second kappa shape index (κ2) is 7.44. The molecule has 1 fully saturated rings. The zero-order chi connectivity index (χ0) is 18.6. The molecule has 1 aliphatic rings. The summed E-state index contributed by atoms with van der Waals surface area (Å²) in [6.45, 7) is 3.34. The van der Waals surface area contributed by atoms with E-state index in [4.69, 9.17) is 0 Å². The Bertz CT molecular complexity index is 920. The predicted octanol–water partition coefficient (Wildman–Crippen LogP) is 1.01. The summed E-state index contributed by atoms with van der Waals surface area (Å²) < 4.78 is 1.59. The Labute approximate surface area is 155 Å². The van der Waals surface area contributed by atoms with Crippen LogP contribution in [0.25, 0.3) is 5.82 Å². The highest BCUT2D eigenvalue weighted by atomic mass is 16.2. The molecule has 0 saturated carbocycles. The lowest BCUT2D eigenvalue weighted by atomic mass is 9.96. The van der Waals surface area contributed by atoms with Gasteiger partial charge in [0, 0.05) is 37.0 Å². The van der Waals surface area contributed by atoms with Gasteiger partial charge in [0.2, 0.25) is 11.9 Å². The molecule has 1 amide bonds. The first-order valence-corrected chi connectivity index (χ1v) is 8.71. The number of aryl methyl sites for hydroxylation is 1. The Hall–Kier alpha value is -3.43. The van der Waals surface area contributed by atoms with E-state index in [1.165, 1.54) is 12.7 Å². The van der Waals surface area contributed by atoms with Gasteiger partial charge in [0.25, 0.3) is 0 Å². The van der Waals surface area contributed by atoms with Crippen LogP contribution < -0.4 is 10.2 Å². The second-order valence-electron chi connectivity index (χ2n) is 6.35. The van der Waals surface area contributed by atoms with E-state index in [-0.39, 0.29) is 11.8 Å². The Balaban J connectivity index is 1.37. The SMILES string of the molecule is Cc1ccnc(NC(=O)C2CCN(c3cc(-n4cncn4)ncn3)CC2)n1. The van der Waals surface area contributed by atoms with Crippen molar-refractivity contribution < 1.29 is 4.79 Å². The van der Waals surface area contributed by atoms with Crippen molar-refractivity contribution in [2.45, 2.75) is 19.8 Å². The van der Waals surface area contributed by atoms with Gasteiger partial charge < -0.3 is 4.90 Å². The van der Waals surface area contributed by atoms with Crippen LogP contribution in [-0.2, 0) is 4.79 Å². The maximum atomic E-state index is 12.5. The fourth-order valence-electron chi connectivity index (χ4n) is 3.05. The summed E-state index contributed by atoms with van der Waals surface area (Å²) in [7, 11) is 0. The summed E-state index contributed by atoms with van der Waals surface area (Å²) in [6, 6.07) is 3.67. The molecule has 0 aliphatic carbocycles. The predicted molar refractivity (Wildman–Crippen MR) is 97.3 cm³/mol. The number of anilines is 2. The van der Waals surface area contributed by atoms with Crippen LogP contribution >= 0.6 is 0 Å². The molecule has 138 valence electrons. The van der Waals surface area contributed by atoms with Crippen molar-refractivity contribution >= 4 is 17.7 Å². The quantitative estimate of drug-likeness (QED) is 0.728. The zero-order valence-corrected chi connectivity index (χ0v) is 14.9. The number of hydrogen-bond acceptors (Lipinski definition) is 8. The summed E-state index contributed by atoms with van der Waals surface area (Å²) in [6.07, 6.45) is 7.68. The van der Waals surface area contributed by atoms with Crippen LogP contribution in [0.1, 0.15) is 18.5 Å². The van der Waals surface area contributed by atoms with Gasteiger partial charge in [-0.3, -0.25) is 10.1 Å². The zero-order valence-electron chi connectivity index (χ0n) is 14.9. The van der Waals surface area contributed by atoms with Crippen LogP contribution in [0.3, 0.4) is 0 Å². The molecule has 1 N–H and O–H groups in total. The molecule has 0 aromatic carbocycles. The molecule has 0 unspecified atom stereocenters. The number of nitrogens with zero attached hydrogens (tertiary/aromatic N) is 8. The first-order valence-electron chi connectivity index (χ1n) is 8.71. The van der Waals surface area contributed by atoms with E-state index in [0.717, 1.165) is 37.4 Å². The maximum Gasteiger partial charge on any atom is 0.229 e. The largest absolute Gasteiger partial charge is 0.356 e. The van der Waals surface area contributed by atoms with E-state index < -0.39 is 0 Å². The summed E-state index contributed by atoms with van der Waals surface area (Å²) in [5.41, 5.74) is 0.821. The Morgan fingerprint density at radius 1 is 1.15 bits per heavy atom. The number of hydrogen-bond donors (Lipinski definition) is 1. The molecular weight excluding hydrogens is 346 g/mol. The summed E-state index contributed by atoms with van der Waals surface area (Å²) in [4.78, 5) is 35.4. The van der Waals surface area contributed by atoms with Crippen molar-refractivity contribution in [3.05, 3.63) is 43.0 Å². The number of carbonyl (C=O) groups is 1. The molecule has 27 heavy (non-hydrogen) atoms. The van der Waals surface area contributed by atoms with Crippen LogP contribution in [0.2, 0.25) is 0 Å².